The second-order valence-electron chi connectivity index (χ2n) is 4.53. The molecule has 5 nitrogen and oxygen atoms in total. The van der Waals surface area contributed by atoms with Crippen molar-refractivity contribution >= 4 is 5.91 Å². The summed E-state index contributed by atoms with van der Waals surface area (Å²) in [7, 11) is 5.51. The lowest BCUT2D eigenvalue weighted by molar-refractivity contribution is -0.133. The molecule has 1 atom stereocenters. The molecule has 0 saturated heterocycles. The molecule has 0 aromatic carbocycles. The first-order valence-electron chi connectivity index (χ1n) is 5.88. The van der Waals surface area contributed by atoms with Crippen molar-refractivity contribution in [3.63, 3.8) is 0 Å². The van der Waals surface area contributed by atoms with Crippen LogP contribution in [0.25, 0.3) is 0 Å². The lowest BCUT2D eigenvalue weighted by Gasteiger charge is -2.25. The fourth-order valence-corrected chi connectivity index (χ4v) is 1.65. The molecule has 0 unspecified atom stereocenters. The van der Waals surface area contributed by atoms with Crippen molar-refractivity contribution < 1.29 is 4.79 Å². The maximum atomic E-state index is 11.8. The summed E-state index contributed by atoms with van der Waals surface area (Å²) >= 11 is 0. The average molecular weight is 238 g/mol. The van der Waals surface area contributed by atoms with Gasteiger partial charge >= 0.3 is 0 Å². The van der Waals surface area contributed by atoms with E-state index in [4.69, 9.17) is 0 Å². The number of aryl methyl sites for hydroxylation is 1. The molecular weight excluding hydrogens is 216 g/mol. The van der Waals surface area contributed by atoms with Gasteiger partial charge < -0.3 is 4.90 Å². The molecule has 0 saturated carbocycles. The van der Waals surface area contributed by atoms with Crippen LogP contribution in [0.15, 0.2) is 12.4 Å². The Bertz CT molecular complexity index is 372. The Labute approximate surface area is 103 Å². The van der Waals surface area contributed by atoms with Crippen molar-refractivity contribution in [1.29, 1.82) is 0 Å². The van der Waals surface area contributed by atoms with Crippen LogP contribution in [0, 0.1) is 0 Å². The van der Waals surface area contributed by atoms with E-state index in [2.05, 4.69) is 12.0 Å². The highest BCUT2D eigenvalue weighted by Crippen LogP contribution is 2.07. The van der Waals surface area contributed by atoms with Gasteiger partial charge in [-0.1, -0.05) is 0 Å². The first-order valence-corrected chi connectivity index (χ1v) is 5.88. The normalized spacial score (nSPS) is 12.8. The first-order chi connectivity index (χ1) is 7.95. The van der Waals surface area contributed by atoms with Crippen LogP contribution in [0.2, 0.25) is 0 Å². The summed E-state index contributed by atoms with van der Waals surface area (Å²) in [6.07, 6.45) is 3.87. The highest BCUT2D eigenvalue weighted by atomic mass is 16.2. The lowest BCUT2D eigenvalue weighted by atomic mass is 10.2. The van der Waals surface area contributed by atoms with Crippen LogP contribution in [-0.4, -0.2) is 52.7 Å². The molecule has 1 aromatic rings. The van der Waals surface area contributed by atoms with Crippen molar-refractivity contribution in [3.05, 3.63) is 18.0 Å². The highest BCUT2D eigenvalue weighted by molar-refractivity contribution is 5.80. The number of likely N-dealkylation sites (N-methyl/N-ethyl adjacent to an activating group) is 2. The molecule has 0 fully saturated rings. The molecule has 1 heterocycles. The fourth-order valence-electron chi connectivity index (χ4n) is 1.65. The Balaban J connectivity index is 2.59. The topological polar surface area (TPSA) is 41.4 Å². The van der Waals surface area contributed by atoms with Gasteiger partial charge in [-0.15, -0.1) is 0 Å². The Kier molecular flexibility index (Phi) is 4.69. The highest BCUT2D eigenvalue weighted by Gasteiger charge is 2.19. The SMILES string of the molecule is CCn1cc(CN(C)[C@H](C)C(=O)N(C)C)cn1. The van der Waals surface area contributed by atoms with Gasteiger partial charge in [-0.25, -0.2) is 0 Å². The predicted octanol–water partition coefficient (Wildman–Crippen LogP) is 0.811. The van der Waals surface area contributed by atoms with Gasteiger partial charge in [-0.2, -0.15) is 5.10 Å². The standard InChI is InChI=1S/C12H22N4O/c1-6-16-9-11(7-13-16)8-15(5)10(2)12(17)14(3)4/h7,9-10H,6,8H2,1-5H3/t10-/m1/s1. The van der Waals surface area contributed by atoms with Crippen LogP contribution < -0.4 is 0 Å². The van der Waals surface area contributed by atoms with Gasteiger partial charge in [0.1, 0.15) is 0 Å². The minimum Gasteiger partial charge on any atom is -0.347 e. The molecule has 1 rings (SSSR count). The largest absolute Gasteiger partial charge is 0.347 e. The fraction of sp³-hybridized carbons (Fsp3) is 0.667. The number of hydrogen-bond acceptors (Lipinski definition) is 3. The van der Waals surface area contributed by atoms with Gasteiger partial charge in [0.2, 0.25) is 5.91 Å². The van der Waals surface area contributed by atoms with E-state index in [0.717, 1.165) is 18.7 Å². The molecule has 0 N–H and O–H groups in total. The molecule has 0 aliphatic carbocycles. The third-order valence-corrected chi connectivity index (χ3v) is 2.90. The number of carbonyl (C=O) groups excluding carboxylic acids is 1. The Morgan fingerprint density at radius 1 is 1.47 bits per heavy atom. The minimum absolute atomic E-state index is 0.116. The van der Waals surface area contributed by atoms with Gasteiger partial charge in [-0.3, -0.25) is 14.4 Å². The van der Waals surface area contributed by atoms with Crippen molar-refractivity contribution in [2.45, 2.75) is 33.0 Å². The lowest BCUT2D eigenvalue weighted by Crippen LogP contribution is -2.42. The van der Waals surface area contributed by atoms with Crippen molar-refractivity contribution in [2.24, 2.45) is 0 Å². The van der Waals surface area contributed by atoms with E-state index in [1.54, 1.807) is 19.0 Å². The maximum Gasteiger partial charge on any atom is 0.239 e. The van der Waals surface area contributed by atoms with E-state index in [1.165, 1.54) is 0 Å². The van der Waals surface area contributed by atoms with Crippen molar-refractivity contribution in [2.75, 3.05) is 21.1 Å². The number of rotatable bonds is 5. The van der Waals surface area contributed by atoms with Crippen LogP contribution in [0.5, 0.6) is 0 Å². The van der Waals surface area contributed by atoms with E-state index >= 15 is 0 Å². The molecule has 96 valence electrons. The minimum atomic E-state index is -0.116. The van der Waals surface area contributed by atoms with Crippen LogP contribution >= 0.6 is 0 Å². The first kappa shape index (κ1) is 13.7. The number of amides is 1. The van der Waals surface area contributed by atoms with Gasteiger partial charge in [0.05, 0.1) is 12.2 Å². The quantitative estimate of drug-likeness (QED) is 0.762. The van der Waals surface area contributed by atoms with E-state index in [-0.39, 0.29) is 11.9 Å². The van der Waals surface area contributed by atoms with Gasteiger partial charge in [-0.05, 0) is 20.9 Å². The number of nitrogens with zero attached hydrogens (tertiary/aromatic N) is 4. The second-order valence-corrected chi connectivity index (χ2v) is 4.53. The second kappa shape index (κ2) is 5.82. The summed E-state index contributed by atoms with van der Waals surface area (Å²) in [5.41, 5.74) is 1.13. The van der Waals surface area contributed by atoms with Crippen molar-refractivity contribution in [3.8, 4) is 0 Å². The molecule has 5 heteroatoms. The number of hydrogen-bond donors (Lipinski definition) is 0. The summed E-state index contributed by atoms with van der Waals surface area (Å²) in [6.45, 7) is 5.59. The number of aromatic nitrogens is 2. The number of carbonyl (C=O) groups is 1. The molecule has 0 aliphatic heterocycles. The Hall–Kier alpha value is -1.36. The third-order valence-electron chi connectivity index (χ3n) is 2.90. The summed E-state index contributed by atoms with van der Waals surface area (Å²) in [5, 5.41) is 4.22. The average Bonchev–Trinajstić information content (AvgIpc) is 2.74. The molecule has 1 aromatic heterocycles. The van der Waals surface area contributed by atoms with E-state index < -0.39 is 0 Å². The van der Waals surface area contributed by atoms with Crippen molar-refractivity contribution in [1.82, 2.24) is 19.6 Å². The molecule has 1 amide bonds. The summed E-state index contributed by atoms with van der Waals surface area (Å²) in [6, 6.07) is -0.116. The third kappa shape index (κ3) is 3.56. The predicted molar refractivity (Wildman–Crippen MR) is 67.5 cm³/mol. The summed E-state index contributed by atoms with van der Waals surface area (Å²) < 4.78 is 1.89. The molecule has 0 radical (unpaired) electrons. The molecule has 0 spiro atoms. The maximum absolute atomic E-state index is 11.8. The van der Waals surface area contributed by atoms with Crippen LogP contribution in [0.3, 0.4) is 0 Å². The van der Waals surface area contributed by atoms with E-state index in [0.29, 0.717) is 0 Å². The van der Waals surface area contributed by atoms with E-state index in [9.17, 15) is 4.79 Å². The van der Waals surface area contributed by atoms with Crippen LogP contribution in [0.1, 0.15) is 19.4 Å². The van der Waals surface area contributed by atoms with Crippen LogP contribution in [-0.2, 0) is 17.9 Å². The zero-order valence-corrected chi connectivity index (χ0v) is 11.3. The zero-order chi connectivity index (χ0) is 13.0. The van der Waals surface area contributed by atoms with Gasteiger partial charge in [0, 0.05) is 38.9 Å². The Morgan fingerprint density at radius 2 is 2.12 bits per heavy atom. The van der Waals surface area contributed by atoms with Crippen LogP contribution in [0.4, 0.5) is 0 Å². The monoisotopic (exact) mass is 238 g/mol. The van der Waals surface area contributed by atoms with Gasteiger partial charge in [0.15, 0.2) is 0 Å². The summed E-state index contributed by atoms with van der Waals surface area (Å²) in [5.74, 6) is 0.121. The molecule has 0 bridgehead atoms. The Morgan fingerprint density at radius 3 is 2.59 bits per heavy atom. The zero-order valence-electron chi connectivity index (χ0n) is 11.3. The van der Waals surface area contributed by atoms with Gasteiger partial charge in [0.25, 0.3) is 0 Å². The molecular formula is C12H22N4O. The molecule has 17 heavy (non-hydrogen) atoms. The van der Waals surface area contributed by atoms with E-state index in [1.807, 2.05) is 35.9 Å². The summed E-state index contributed by atoms with van der Waals surface area (Å²) in [4.78, 5) is 15.4. The molecule has 0 aliphatic rings. The smallest absolute Gasteiger partial charge is 0.239 e.